The van der Waals surface area contributed by atoms with Crippen LogP contribution in [-0.2, 0) is 6.18 Å². The molecule has 1 aliphatic heterocycles. The van der Waals surface area contributed by atoms with Crippen LogP contribution < -0.4 is 14.4 Å². The average molecular weight is 503 g/mol. The van der Waals surface area contributed by atoms with Gasteiger partial charge in [0.05, 0.1) is 42.0 Å². The number of anilines is 1. The summed E-state index contributed by atoms with van der Waals surface area (Å²) in [4.78, 5) is 27.7. The molecule has 1 atom stereocenters. The summed E-state index contributed by atoms with van der Waals surface area (Å²) >= 11 is 0. The van der Waals surface area contributed by atoms with Gasteiger partial charge in [-0.3, -0.25) is 14.8 Å². The van der Waals surface area contributed by atoms with Gasteiger partial charge in [0.2, 0.25) is 5.88 Å². The summed E-state index contributed by atoms with van der Waals surface area (Å²) in [5.41, 5.74) is -0.252. The van der Waals surface area contributed by atoms with Gasteiger partial charge in [-0.1, -0.05) is 0 Å². The van der Waals surface area contributed by atoms with E-state index in [1.165, 1.54) is 17.4 Å². The molecule has 0 unspecified atom stereocenters. The number of halogens is 3. The number of aromatic nitrogens is 3. The van der Waals surface area contributed by atoms with Crippen LogP contribution in [0.15, 0.2) is 43.0 Å². The summed E-state index contributed by atoms with van der Waals surface area (Å²) in [5, 5.41) is 11.4. The van der Waals surface area contributed by atoms with E-state index in [9.17, 15) is 23.1 Å². The molecular formula is C24H24F3N5O4. The van der Waals surface area contributed by atoms with Crippen molar-refractivity contribution in [2.24, 2.45) is 0 Å². The minimum atomic E-state index is -4.58. The highest BCUT2D eigenvalue weighted by Gasteiger charge is 2.43. The summed E-state index contributed by atoms with van der Waals surface area (Å²) in [6.07, 6.45) is -0.148. The third-order valence-electron chi connectivity index (χ3n) is 6.60. The summed E-state index contributed by atoms with van der Waals surface area (Å²) in [7, 11) is 1.58. The molecule has 2 aliphatic rings. The van der Waals surface area contributed by atoms with Crippen LogP contribution in [-0.4, -0.2) is 63.0 Å². The Hall–Kier alpha value is -3.67. The van der Waals surface area contributed by atoms with E-state index in [1.54, 1.807) is 13.2 Å². The minimum Gasteiger partial charge on any atom is -0.497 e. The summed E-state index contributed by atoms with van der Waals surface area (Å²) in [6.45, 7) is -0.130. The Balaban J connectivity index is 1.24. The molecule has 1 saturated carbocycles. The second-order valence-electron chi connectivity index (χ2n) is 8.82. The van der Waals surface area contributed by atoms with Crippen molar-refractivity contribution in [3.63, 3.8) is 0 Å². The maximum atomic E-state index is 13.1. The fourth-order valence-corrected chi connectivity index (χ4v) is 4.77. The van der Waals surface area contributed by atoms with Crippen molar-refractivity contribution >= 4 is 22.6 Å². The van der Waals surface area contributed by atoms with Crippen LogP contribution in [0.2, 0.25) is 0 Å². The molecule has 0 spiro atoms. The predicted octanol–water partition coefficient (Wildman–Crippen LogP) is 4.00. The van der Waals surface area contributed by atoms with E-state index >= 15 is 0 Å². The smallest absolute Gasteiger partial charge is 0.417 e. The number of pyridine rings is 1. The lowest BCUT2D eigenvalue weighted by Gasteiger charge is -2.35. The molecule has 0 bridgehead atoms. The Bertz CT molecular complexity index is 1270. The third kappa shape index (κ3) is 4.60. The lowest BCUT2D eigenvalue weighted by atomic mass is 9.92. The highest BCUT2D eigenvalue weighted by molar-refractivity contribution is 5.94. The molecule has 190 valence electrons. The van der Waals surface area contributed by atoms with Gasteiger partial charge in [0.15, 0.2) is 0 Å². The number of urea groups is 1. The quantitative estimate of drug-likeness (QED) is 0.562. The van der Waals surface area contributed by atoms with Crippen LogP contribution in [0, 0.1) is 0 Å². The number of hydrogen-bond donors (Lipinski definition) is 1. The molecule has 2 aromatic heterocycles. The van der Waals surface area contributed by atoms with Crippen molar-refractivity contribution in [3.05, 3.63) is 48.5 Å². The zero-order valence-electron chi connectivity index (χ0n) is 19.4. The van der Waals surface area contributed by atoms with Gasteiger partial charge in [0.25, 0.3) is 0 Å². The lowest BCUT2D eigenvalue weighted by Crippen LogP contribution is -2.46. The number of amides is 2. The maximum Gasteiger partial charge on any atom is 0.417 e. The molecule has 0 radical (unpaired) electrons. The molecule has 1 aromatic carbocycles. The van der Waals surface area contributed by atoms with E-state index in [0.29, 0.717) is 49.0 Å². The van der Waals surface area contributed by atoms with Crippen molar-refractivity contribution in [1.82, 2.24) is 19.9 Å². The van der Waals surface area contributed by atoms with Crippen LogP contribution in [0.1, 0.15) is 31.2 Å². The Kier molecular flexibility index (Phi) is 6.29. The number of aliphatic hydroxyl groups is 1. The van der Waals surface area contributed by atoms with Gasteiger partial charge in [-0.15, -0.1) is 0 Å². The first-order chi connectivity index (χ1) is 17.2. The molecule has 1 aliphatic carbocycles. The lowest BCUT2D eigenvalue weighted by molar-refractivity contribution is -0.137. The van der Waals surface area contributed by atoms with E-state index in [0.717, 1.165) is 16.4 Å². The molecule has 3 heterocycles. The Morgan fingerprint density at radius 3 is 2.58 bits per heavy atom. The number of hydrogen-bond acceptors (Lipinski definition) is 7. The summed E-state index contributed by atoms with van der Waals surface area (Å²) in [6, 6.07) is 5.51. The van der Waals surface area contributed by atoms with Gasteiger partial charge in [-0.05, 0) is 43.9 Å². The van der Waals surface area contributed by atoms with E-state index in [-0.39, 0.29) is 24.4 Å². The van der Waals surface area contributed by atoms with Crippen LogP contribution >= 0.6 is 0 Å². The number of alkyl halides is 3. The Labute approximate surface area is 204 Å². The van der Waals surface area contributed by atoms with Gasteiger partial charge in [0.1, 0.15) is 24.4 Å². The number of methoxy groups -OCH3 is 1. The molecule has 2 amide bonds. The molecule has 1 saturated heterocycles. The predicted molar refractivity (Wildman–Crippen MR) is 123 cm³/mol. The third-order valence-corrected chi connectivity index (χ3v) is 6.60. The number of rotatable bonds is 5. The molecule has 2 fully saturated rings. The highest BCUT2D eigenvalue weighted by atomic mass is 19.4. The van der Waals surface area contributed by atoms with Gasteiger partial charge >= 0.3 is 12.2 Å². The molecule has 5 rings (SSSR count). The molecule has 9 nitrogen and oxygen atoms in total. The number of fused-ring (bicyclic) bond motifs is 1. The fourth-order valence-electron chi connectivity index (χ4n) is 4.77. The summed E-state index contributed by atoms with van der Waals surface area (Å²) < 4.78 is 50.6. The van der Waals surface area contributed by atoms with E-state index in [1.807, 2.05) is 12.1 Å². The van der Waals surface area contributed by atoms with E-state index < -0.39 is 24.0 Å². The number of carbonyl (C=O) groups excluding carboxylic acids is 1. The highest BCUT2D eigenvalue weighted by Crippen LogP contribution is 2.35. The largest absolute Gasteiger partial charge is 0.497 e. The molecule has 12 heteroatoms. The van der Waals surface area contributed by atoms with Crippen molar-refractivity contribution in [1.29, 1.82) is 0 Å². The second kappa shape index (κ2) is 9.41. The topological polar surface area (TPSA) is 101 Å². The first-order valence-corrected chi connectivity index (χ1v) is 11.5. The summed E-state index contributed by atoms with van der Waals surface area (Å²) in [5.74, 6) is 1.14. The zero-order valence-corrected chi connectivity index (χ0v) is 19.4. The second-order valence-corrected chi connectivity index (χ2v) is 8.82. The number of nitrogens with zero attached hydrogens (tertiary/aromatic N) is 5. The fraction of sp³-hybridized carbons (Fsp3) is 0.417. The molecule has 1 N–H and O–H groups in total. The van der Waals surface area contributed by atoms with Gasteiger partial charge < -0.3 is 14.6 Å². The van der Waals surface area contributed by atoms with E-state index in [2.05, 4.69) is 15.0 Å². The van der Waals surface area contributed by atoms with Crippen LogP contribution in [0.5, 0.6) is 11.6 Å². The van der Waals surface area contributed by atoms with Crippen molar-refractivity contribution < 1.29 is 32.5 Å². The Morgan fingerprint density at radius 2 is 1.86 bits per heavy atom. The molecule has 3 aromatic rings. The van der Waals surface area contributed by atoms with Gasteiger partial charge in [0, 0.05) is 18.3 Å². The van der Waals surface area contributed by atoms with Crippen LogP contribution in [0.3, 0.4) is 0 Å². The first-order valence-electron chi connectivity index (χ1n) is 11.5. The van der Waals surface area contributed by atoms with Gasteiger partial charge in [-0.2, -0.15) is 13.2 Å². The normalized spacial score (nSPS) is 22.8. The van der Waals surface area contributed by atoms with E-state index in [4.69, 9.17) is 9.47 Å². The number of ether oxygens (including phenoxy) is 2. The van der Waals surface area contributed by atoms with Crippen LogP contribution in [0.25, 0.3) is 10.9 Å². The minimum absolute atomic E-state index is 0.000615. The maximum absolute atomic E-state index is 13.1. The Morgan fingerprint density at radius 1 is 1.08 bits per heavy atom. The number of benzene rings is 1. The molecule has 36 heavy (non-hydrogen) atoms. The molecular weight excluding hydrogens is 479 g/mol. The van der Waals surface area contributed by atoms with Crippen molar-refractivity contribution in [2.75, 3.05) is 18.6 Å². The standard InChI is InChI=1S/C24H24F3N5O4/c1-35-18-6-7-19-20(9-18)29-13-30-22(19)36-17-4-2-15(3-5-17)32-21(33)12-31(23(32)34)16-8-14(10-28-11-16)24(25,26)27/h6-11,13,15,17,21,33H,2-5,12H2,1H3/t15?,17?,21-/m0/s1. The number of aliphatic hydroxyl groups excluding tert-OH is 1. The monoisotopic (exact) mass is 503 g/mol. The number of carbonyl (C=O) groups is 1. The van der Waals surface area contributed by atoms with Crippen LogP contribution in [0.4, 0.5) is 23.7 Å². The zero-order chi connectivity index (χ0) is 25.4. The SMILES string of the molecule is COc1ccc2c(OC3CCC(N4C(=O)N(c5cncc(C(F)(F)F)c5)C[C@@H]4O)CC3)ncnc2c1. The van der Waals surface area contributed by atoms with Crippen molar-refractivity contribution in [3.8, 4) is 11.6 Å². The number of β-amino-alcohol motifs (C(OH)–C–C–N with tert-alkyl or cyclic N) is 1. The van der Waals surface area contributed by atoms with Gasteiger partial charge in [-0.25, -0.2) is 14.8 Å². The van der Waals surface area contributed by atoms with Crippen molar-refractivity contribution in [2.45, 2.75) is 50.2 Å². The average Bonchev–Trinajstić information content (AvgIpc) is 3.17. The first kappa shape index (κ1) is 24.0.